The second-order valence-corrected chi connectivity index (χ2v) is 5.71. The van der Waals surface area contributed by atoms with Crippen LogP contribution in [0.4, 0.5) is 17.5 Å². The zero-order valence-electron chi connectivity index (χ0n) is 10.5. The summed E-state index contributed by atoms with van der Waals surface area (Å²) < 4.78 is 1.99. The van der Waals surface area contributed by atoms with Gasteiger partial charge in [0, 0.05) is 21.7 Å². The van der Waals surface area contributed by atoms with Gasteiger partial charge in [-0.2, -0.15) is 4.98 Å². The van der Waals surface area contributed by atoms with Crippen molar-refractivity contribution in [2.24, 2.45) is 0 Å². The Kier molecular flexibility index (Phi) is 5.15. The van der Waals surface area contributed by atoms with Gasteiger partial charge in [0.25, 0.3) is 0 Å². The highest BCUT2D eigenvalue weighted by Gasteiger charge is 2.03. The van der Waals surface area contributed by atoms with Crippen LogP contribution in [0.3, 0.4) is 0 Å². The van der Waals surface area contributed by atoms with Crippen molar-refractivity contribution >= 4 is 49.3 Å². The van der Waals surface area contributed by atoms with Crippen molar-refractivity contribution in [3.63, 3.8) is 0 Å². The van der Waals surface area contributed by atoms with Crippen molar-refractivity contribution in [3.05, 3.63) is 39.4 Å². The maximum absolute atomic E-state index is 4.41. The first-order chi connectivity index (χ1) is 9.19. The van der Waals surface area contributed by atoms with Gasteiger partial charge in [0.05, 0.1) is 5.69 Å². The van der Waals surface area contributed by atoms with Gasteiger partial charge in [-0.3, -0.25) is 0 Å². The number of rotatable bonds is 5. The minimum Gasteiger partial charge on any atom is -0.354 e. The van der Waals surface area contributed by atoms with Gasteiger partial charge in [0.2, 0.25) is 5.95 Å². The van der Waals surface area contributed by atoms with Crippen LogP contribution in [0.1, 0.15) is 13.3 Å². The van der Waals surface area contributed by atoms with Gasteiger partial charge in [-0.05, 0) is 46.6 Å². The van der Waals surface area contributed by atoms with Crippen LogP contribution in [0.2, 0.25) is 0 Å². The molecule has 1 heterocycles. The molecule has 100 valence electrons. The van der Waals surface area contributed by atoms with E-state index in [-0.39, 0.29) is 0 Å². The second-order valence-electron chi connectivity index (χ2n) is 3.94. The van der Waals surface area contributed by atoms with Gasteiger partial charge in [-0.1, -0.05) is 22.9 Å². The largest absolute Gasteiger partial charge is 0.354 e. The van der Waals surface area contributed by atoms with Crippen LogP contribution in [-0.4, -0.2) is 16.5 Å². The molecule has 0 aliphatic heterocycles. The number of nitrogens with zero attached hydrogens (tertiary/aromatic N) is 2. The molecule has 0 amide bonds. The summed E-state index contributed by atoms with van der Waals surface area (Å²) in [4.78, 5) is 8.58. The number of nitrogens with one attached hydrogen (secondary N) is 2. The summed E-state index contributed by atoms with van der Waals surface area (Å²) in [6.45, 7) is 2.97. The lowest BCUT2D eigenvalue weighted by molar-refractivity contribution is 0.953. The Hall–Kier alpha value is -1.14. The molecule has 0 saturated carbocycles. The second kappa shape index (κ2) is 6.86. The highest BCUT2D eigenvalue weighted by molar-refractivity contribution is 9.11. The van der Waals surface area contributed by atoms with Crippen LogP contribution in [-0.2, 0) is 0 Å². The maximum atomic E-state index is 4.41. The van der Waals surface area contributed by atoms with Crippen molar-refractivity contribution in [3.8, 4) is 0 Å². The van der Waals surface area contributed by atoms with Gasteiger partial charge >= 0.3 is 0 Å². The molecule has 0 spiro atoms. The fourth-order valence-corrected chi connectivity index (χ4v) is 2.19. The summed E-state index contributed by atoms with van der Waals surface area (Å²) in [5.41, 5.74) is 0.953. The summed E-state index contributed by atoms with van der Waals surface area (Å²) >= 11 is 6.96. The Morgan fingerprint density at radius 2 is 2.05 bits per heavy atom. The van der Waals surface area contributed by atoms with Crippen molar-refractivity contribution in [2.75, 3.05) is 17.2 Å². The monoisotopic (exact) mass is 384 g/mol. The summed E-state index contributed by atoms with van der Waals surface area (Å²) in [5.74, 6) is 1.39. The number of aromatic nitrogens is 2. The van der Waals surface area contributed by atoms with E-state index in [1.165, 1.54) is 0 Å². The first-order valence-electron chi connectivity index (χ1n) is 5.98. The van der Waals surface area contributed by atoms with Gasteiger partial charge in [-0.25, -0.2) is 4.98 Å². The summed E-state index contributed by atoms with van der Waals surface area (Å²) in [7, 11) is 0. The minimum absolute atomic E-state index is 0.637. The quantitative estimate of drug-likeness (QED) is 0.791. The average Bonchev–Trinajstić information content (AvgIpc) is 2.41. The molecular weight excluding hydrogens is 372 g/mol. The molecule has 4 nitrogen and oxygen atoms in total. The van der Waals surface area contributed by atoms with E-state index in [9.17, 15) is 0 Å². The van der Waals surface area contributed by atoms with E-state index < -0.39 is 0 Å². The van der Waals surface area contributed by atoms with E-state index in [4.69, 9.17) is 0 Å². The highest BCUT2D eigenvalue weighted by Crippen LogP contribution is 2.28. The Morgan fingerprint density at radius 3 is 2.84 bits per heavy atom. The van der Waals surface area contributed by atoms with Crippen LogP contribution in [0.5, 0.6) is 0 Å². The zero-order valence-corrected chi connectivity index (χ0v) is 13.6. The van der Waals surface area contributed by atoms with Crippen molar-refractivity contribution in [2.45, 2.75) is 13.3 Å². The Labute approximate surface area is 129 Å². The Morgan fingerprint density at radius 1 is 1.21 bits per heavy atom. The number of hydrogen-bond acceptors (Lipinski definition) is 4. The molecule has 0 aliphatic carbocycles. The van der Waals surface area contributed by atoms with Crippen LogP contribution >= 0.6 is 31.9 Å². The van der Waals surface area contributed by atoms with E-state index in [1.54, 1.807) is 6.20 Å². The van der Waals surface area contributed by atoms with Gasteiger partial charge in [0.15, 0.2) is 0 Å². The Balaban J connectivity index is 2.16. The van der Waals surface area contributed by atoms with Crippen molar-refractivity contribution in [1.82, 2.24) is 9.97 Å². The standard InChI is InChI=1S/C13H14Br2N4/c1-2-6-16-13-17-7-5-12(19-13)18-11-8-9(14)3-4-10(11)15/h3-5,7-8H,2,6H2,1H3,(H2,16,17,18,19). The molecule has 1 aromatic heterocycles. The normalized spacial score (nSPS) is 10.3. The lowest BCUT2D eigenvalue weighted by Gasteiger charge is -2.09. The van der Waals surface area contributed by atoms with E-state index in [0.29, 0.717) is 5.95 Å². The third-order valence-corrected chi connectivity index (χ3v) is 3.56. The molecule has 0 fully saturated rings. The zero-order chi connectivity index (χ0) is 13.7. The van der Waals surface area contributed by atoms with E-state index in [0.717, 1.165) is 33.4 Å². The first-order valence-corrected chi connectivity index (χ1v) is 7.56. The SMILES string of the molecule is CCCNc1nccc(Nc2cc(Br)ccc2Br)n1. The molecule has 0 saturated heterocycles. The fourth-order valence-electron chi connectivity index (χ4n) is 1.48. The van der Waals surface area contributed by atoms with E-state index >= 15 is 0 Å². The lowest BCUT2D eigenvalue weighted by atomic mass is 10.3. The highest BCUT2D eigenvalue weighted by atomic mass is 79.9. The van der Waals surface area contributed by atoms with Crippen LogP contribution in [0.15, 0.2) is 39.4 Å². The van der Waals surface area contributed by atoms with Gasteiger partial charge in [0.1, 0.15) is 5.82 Å². The van der Waals surface area contributed by atoms with E-state index in [2.05, 4.69) is 59.4 Å². The predicted molar refractivity (Wildman–Crippen MR) is 85.9 cm³/mol. The third-order valence-electron chi connectivity index (χ3n) is 2.38. The molecule has 0 aliphatic rings. The number of hydrogen-bond donors (Lipinski definition) is 2. The van der Waals surface area contributed by atoms with Crippen LogP contribution in [0.25, 0.3) is 0 Å². The van der Waals surface area contributed by atoms with Gasteiger partial charge in [-0.15, -0.1) is 0 Å². The minimum atomic E-state index is 0.637. The molecular formula is C13H14Br2N4. The van der Waals surface area contributed by atoms with Crippen LogP contribution in [0, 0.1) is 0 Å². The van der Waals surface area contributed by atoms with Crippen LogP contribution < -0.4 is 10.6 Å². The Bertz CT molecular complexity index is 560. The molecule has 1 aromatic carbocycles. The number of benzene rings is 1. The number of anilines is 3. The molecule has 2 aromatic rings. The van der Waals surface area contributed by atoms with Crippen molar-refractivity contribution in [1.29, 1.82) is 0 Å². The number of halogens is 2. The summed E-state index contributed by atoms with van der Waals surface area (Å²) in [6, 6.07) is 7.78. The topological polar surface area (TPSA) is 49.8 Å². The fraction of sp³-hybridized carbons (Fsp3) is 0.231. The smallest absolute Gasteiger partial charge is 0.224 e. The maximum Gasteiger partial charge on any atom is 0.224 e. The molecule has 2 rings (SSSR count). The first kappa shape index (κ1) is 14.3. The molecule has 0 unspecified atom stereocenters. The molecule has 19 heavy (non-hydrogen) atoms. The molecule has 6 heteroatoms. The van der Waals surface area contributed by atoms with E-state index in [1.807, 2.05) is 24.3 Å². The molecule has 2 N–H and O–H groups in total. The lowest BCUT2D eigenvalue weighted by Crippen LogP contribution is -2.05. The van der Waals surface area contributed by atoms with Crippen molar-refractivity contribution < 1.29 is 0 Å². The molecule has 0 atom stereocenters. The summed E-state index contributed by atoms with van der Waals surface area (Å²) in [6.07, 6.45) is 2.78. The molecule has 0 radical (unpaired) electrons. The van der Waals surface area contributed by atoms with Gasteiger partial charge < -0.3 is 10.6 Å². The predicted octanol–water partition coefficient (Wildman–Crippen LogP) is 4.57. The molecule has 0 bridgehead atoms. The third kappa shape index (κ3) is 4.18. The average molecular weight is 386 g/mol. The summed E-state index contributed by atoms with van der Waals surface area (Å²) in [5, 5.41) is 6.43.